The lowest BCUT2D eigenvalue weighted by Crippen LogP contribution is -2.11. The molecule has 2 aromatic rings. The number of aromatic nitrogens is 2. The van der Waals surface area contributed by atoms with Crippen LogP contribution < -0.4 is 0 Å². The third-order valence-electron chi connectivity index (χ3n) is 3.11. The first-order chi connectivity index (χ1) is 9.43. The topological polar surface area (TPSA) is 38.0 Å². The zero-order valence-corrected chi connectivity index (χ0v) is 11.2. The van der Waals surface area contributed by atoms with E-state index in [0.717, 1.165) is 17.8 Å². The second kappa shape index (κ2) is 5.66. The van der Waals surface area contributed by atoms with Gasteiger partial charge in [-0.1, -0.05) is 6.07 Å². The number of aliphatic hydroxyl groups excluding tert-OH is 1. The van der Waals surface area contributed by atoms with Crippen molar-refractivity contribution in [3.8, 4) is 0 Å². The maximum Gasteiger partial charge on any atom is 0.194 e. The Kier molecular flexibility index (Phi) is 4.13. The molecule has 0 fully saturated rings. The summed E-state index contributed by atoms with van der Waals surface area (Å²) in [5, 5.41) is 14.2. The monoisotopic (exact) mass is 284 g/mol. The van der Waals surface area contributed by atoms with Crippen LogP contribution in [0.25, 0.3) is 0 Å². The highest BCUT2D eigenvalue weighted by Crippen LogP contribution is 2.24. The van der Waals surface area contributed by atoms with Crippen LogP contribution in [-0.4, -0.2) is 14.9 Å². The van der Waals surface area contributed by atoms with Gasteiger partial charge in [-0.15, -0.1) is 0 Å². The Morgan fingerprint density at radius 1 is 1.25 bits per heavy atom. The van der Waals surface area contributed by atoms with Crippen molar-refractivity contribution >= 4 is 0 Å². The summed E-state index contributed by atoms with van der Waals surface area (Å²) in [5.41, 5.74) is 1.23. The van der Waals surface area contributed by atoms with Crippen molar-refractivity contribution in [1.82, 2.24) is 9.78 Å². The number of hydrogen-bond acceptors (Lipinski definition) is 2. The first-order valence-electron chi connectivity index (χ1n) is 6.28. The summed E-state index contributed by atoms with van der Waals surface area (Å²) in [5.74, 6) is -4.19. The lowest BCUT2D eigenvalue weighted by Gasteiger charge is -2.13. The fourth-order valence-electron chi connectivity index (χ4n) is 2.14. The van der Waals surface area contributed by atoms with Crippen molar-refractivity contribution in [2.75, 3.05) is 0 Å². The van der Waals surface area contributed by atoms with E-state index in [-0.39, 0.29) is 12.0 Å². The quantitative estimate of drug-likeness (QED) is 0.877. The van der Waals surface area contributed by atoms with Crippen LogP contribution in [-0.2, 0) is 13.0 Å². The van der Waals surface area contributed by atoms with Crippen LogP contribution in [0.2, 0.25) is 0 Å². The Labute approximate surface area is 114 Å². The first-order valence-corrected chi connectivity index (χ1v) is 6.28. The van der Waals surface area contributed by atoms with Crippen molar-refractivity contribution in [2.45, 2.75) is 32.9 Å². The van der Waals surface area contributed by atoms with Crippen LogP contribution >= 0.6 is 0 Å². The van der Waals surface area contributed by atoms with E-state index in [0.29, 0.717) is 12.2 Å². The number of rotatable bonds is 4. The van der Waals surface area contributed by atoms with Gasteiger partial charge in [0, 0.05) is 24.2 Å². The van der Waals surface area contributed by atoms with Gasteiger partial charge < -0.3 is 5.11 Å². The number of nitrogens with zero attached hydrogens (tertiary/aromatic N) is 2. The minimum Gasteiger partial charge on any atom is -0.388 e. The van der Waals surface area contributed by atoms with Crippen LogP contribution in [0.1, 0.15) is 30.0 Å². The van der Waals surface area contributed by atoms with Gasteiger partial charge >= 0.3 is 0 Å². The molecule has 6 heteroatoms. The van der Waals surface area contributed by atoms with Gasteiger partial charge in [-0.05, 0) is 26.0 Å². The number of hydrogen-bond donors (Lipinski definition) is 1. The second-order valence-electron chi connectivity index (χ2n) is 4.58. The van der Waals surface area contributed by atoms with Crippen molar-refractivity contribution in [2.24, 2.45) is 0 Å². The number of benzene rings is 1. The first kappa shape index (κ1) is 14.6. The van der Waals surface area contributed by atoms with Gasteiger partial charge in [-0.2, -0.15) is 5.10 Å². The minimum atomic E-state index is -1.57. The zero-order valence-electron chi connectivity index (χ0n) is 11.2. The SMILES string of the molecule is CCn1nc(C)cc1CC(O)c1ccc(F)c(F)c1F. The smallest absolute Gasteiger partial charge is 0.194 e. The lowest BCUT2D eigenvalue weighted by molar-refractivity contribution is 0.169. The van der Waals surface area contributed by atoms with Crippen molar-refractivity contribution in [1.29, 1.82) is 0 Å². The number of aliphatic hydroxyl groups is 1. The maximum atomic E-state index is 13.6. The van der Waals surface area contributed by atoms with Crippen molar-refractivity contribution < 1.29 is 18.3 Å². The van der Waals surface area contributed by atoms with E-state index in [2.05, 4.69) is 5.10 Å². The molecule has 1 unspecified atom stereocenters. The van der Waals surface area contributed by atoms with E-state index in [1.165, 1.54) is 0 Å². The molecule has 20 heavy (non-hydrogen) atoms. The molecule has 0 saturated heterocycles. The zero-order chi connectivity index (χ0) is 14.9. The van der Waals surface area contributed by atoms with Gasteiger partial charge in [0.1, 0.15) is 0 Å². The average molecular weight is 284 g/mol. The highest BCUT2D eigenvalue weighted by molar-refractivity contribution is 5.24. The summed E-state index contributed by atoms with van der Waals surface area (Å²) < 4.78 is 41.3. The molecule has 0 saturated carbocycles. The van der Waals surface area contributed by atoms with Crippen LogP contribution in [0.5, 0.6) is 0 Å². The number of aryl methyl sites for hydroxylation is 2. The highest BCUT2D eigenvalue weighted by Gasteiger charge is 2.20. The fourth-order valence-corrected chi connectivity index (χ4v) is 2.14. The standard InChI is InChI=1S/C14H15F3N2O/c1-3-19-9(6-8(2)18-19)7-12(20)10-4-5-11(15)14(17)13(10)16/h4-6,12,20H,3,7H2,1-2H3. The lowest BCUT2D eigenvalue weighted by atomic mass is 10.0. The number of halogens is 3. The predicted octanol–water partition coefficient (Wildman–Crippen LogP) is 2.90. The van der Waals surface area contributed by atoms with E-state index < -0.39 is 23.6 Å². The Balaban J connectivity index is 2.28. The van der Waals surface area contributed by atoms with E-state index in [1.807, 2.05) is 6.92 Å². The summed E-state index contributed by atoms with van der Waals surface area (Å²) in [6.07, 6.45) is -1.18. The summed E-state index contributed by atoms with van der Waals surface area (Å²) >= 11 is 0. The third-order valence-corrected chi connectivity index (χ3v) is 3.11. The normalized spacial score (nSPS) is 12.7. The Bertz CT molecular complexity index is 625. The van der Waals surface area contributed by atoms with Crippen molar-refractivity contribution in [3.05, 3.63) is 52.6 Å². The molecule has 0 amide bonds. The fraction of sp³-hybridized carbons (Fsp3) is 0.357. The third kappa shape index (κ3) is 2.70. The molecule has 1 aromatic carbocycles. The van der Waals surface area contributed by atoms with E-state index in [9.17, 15) is 18.3 Å². The molecule has 0 aliphatic heterocycles. The summed E-state index contributed by atoms with van der Waals surface area (Å²) in [7, 11) is 0. The molecule has 0 spiro atoms. The summed E-state index contributed by atoms with van der Waals surface area (Å²) in [6, 6.07) is 3.63. The molecule has 1 atom stereocenters. The molecule has 0 aliphatic rings. The largest absolute Gasteiger partial charge is 0.388 e. The molecule has 0 aliphatic carbocycles. The molecule has 1 N–H and O–H groups in total. The summed E-state index contributed by atoms with van der Waals surface area (Å²) in [6.45, 7) is 4.30. The van der Waals surface area contributed by atoms with Gasteiger partial charge in [0.15, 0.2) is 17.5 Å². The second-order valence-corrected chi connectivity index (χ2v) is 4.58. The van der Waals surface area contributed by atoms with E-state index in [1.54, 1.807) is 17.7 Å². The van der Waals surface area contributed by atoms with Crippen LogP contribution in [0.15, 0.2) is 18.2 Å². The van der Waals surface area contributed by atoms with Gasteiger partial charge in [0.05, 0.1) is 11.8 Å². The van der Waals surface area contributed by atoms with E-state index >= 15 is 0 Å². The molecule has 1 aromatic heterocycles. The molecular formula is C14H15F3N2O. The van der Waals surface area contributed by atoms with Gasteiger partial charge in [-0.25, -0.2) is 13.2 Å². The highest BCUT2D eigenvalue weighted by atomic mass is 19.2. The van der Waals surface area contributed by atoms with Crippen molar-refractivity contribution in [3.63, 3.8) is 0 Å². The Morgan fingerprint density at radius 3 is 2.60 bits per heavy atom. The Hall–Kier alpha value is -1.82. The summed E-state index contributed by atoms with van der Waals surface area (Å²) in [4.78, 5) is 0. The molecule has 0 radical (unpaired) electrons. The minimum absolute atomic E-state index is 0.0800. The van der Waals surface area contributed by atoms with Gasteiger partial charge in [0.2, 0.25) is 0 Å². The van der Waals surface area contributed by atoms with Gasteiger partial charge in [0.25, 0.3) is 0 Å². The van der Waals surface area contributed by atoms with Gasteiger partial charge in [-0.3, -0.25) is 4.68 Å². The molecule has 3 nitrogen and oxygen atoms in total. The Morgan fingerprint density at radius 2 is 1.95 bits per heavy atom. The predicted molar refractivity (Wildman–Crippen MR) is 67.6 cm³/mol. The molecule has 1 heterocycles. The maximum absolute atomic E-state index is 13.6. The van der Waals surface area contributed by atoms with Crippen LogP contribution in [0, 0.1) is 24.4 Å². The van der Waals surface area contributed by atoms with E-state index in [4.69, 9.17) is 0 Å². The molecular weight excluding hydrogens is 269 g/mol. The molecule has 2 rings (SSSR count). The molecule has 108 valence electrons. The molecule has 0 bridgehead atoms. The van der Waals surface area contributed by atoms with Crippen LogP contribution in [0.3, 0.4) is 0 Å². The van der Waals surface area contributed by atoms with Crippen LogP contribution in [0.4, 0.5) is 13.2 Å². The average Bonchev–Trinajstić information content (AvgIpc) is 2.76.